The molecule has 0 bridgehead atoms. The van der Waals surface area contributed by atoms with Gasteiger partial charge in [-0.2, -0.15) is 0 Å². The minimum Gasteiger partial charge on any atom is -0.475 e. The summed E-state index contributed by atoms with van der Waals surface area (Å²) < 4.78 is 5.95. The zero-order chi connectivity index (χ0) is 18.7. The Morgan fingerprint density at radius 1 is 0.852 bits per heavy atom. The molecule has 0 saturated carbocycles. The second-order valence-corrected chi connectivity index (χ2v) is 7.40. The van der Waals surface area contributed by atoms with Crippen LogP contribution < -0.4 is 0 Å². The van der Waals surface area contributed by atoms with Crippen molar-refractivity contribution >= 4 is 17.5 Å². The molecule has 0 unspecified atom stereocenters. The lowest BCUT2D eigenvalue weighted by molar-refractivity contribution is 0.279. The van der Waals surface area contributed by atoms with Crippen LogP contribution >= 0.6 is 0 Å². The summed E-state index contributed by atoms with van der Waals surface area (Å²) in [5, 5.41) is 0. The van der Waals surface area contributed by atoms with Crippen molar-refractivity contribution in [2.24, 2.45) is 4.99 Å². The topological polar surface area (TPSA) is 21.6 Å². The summed E-state index contributed by atoms with van der Waals surface area (Å²) in [6, 6.07) is 29.2. The Bertz CT molecular complexity index is 985. The molecule has 3 aromatic rings. The summed E-state index contributed by atoms with van der Waals surface area (Å²) in [4.78, 5) is 4.80. The average Bonchev–Trinajstić information content (AvgIpc) is 3.07. The third-order valence-electron chi connectivity index (χ3n) is 4.61. The van der Waals surface area contributed by atoms with Crippen molar-refractivity contribution in [2.45, 2.75) is 19.4 Å². The van der Waals surface area contributed by atoms with Crippen LogP contribution in [0, 0.1) is 0 Å². The van der Waals surface area contributed by atoms with Crippen LogP contribution in [0.3, 0.4) is 0 Å². The van der Waals surface area contributed by atoms with E-state index in [1.54, 1.807) is 0 Å². The Kier molecular flexibility index (Phi) is 4.64. The highest BCUT2D eigenvalue weighted by atomic mass is 16.5. The third kappa shape index (κ3) is 3.85. The molecule has 0 amide bonds. The number of rotatable bonds is 4. The van der Waals surface area contributed by atoms with E-state index in [-0.39, 0.29) is 5.54 Å². The van der Waals surface area contributed by atoms with Gasteiger partial charge in [0.15, 0.2) is 0 Å². The molecule has 0 N–H and O–H groups in total. The Morgan fingerprint density at radius 2 is 1.48 bits per heavy atom. The van der Waals surface area contributed by atoms with Gasteiger partial charge in [0.1, 0.15) is 6.61 Å². The number of hydrogen-bond acceptors (Lipinski definition) is 2. The van der Waals surface area contributed by atoms with Crippen molar-refractivity contribution in [2.75, 3.05) is 6.61 Å². The van der Waals surface area contributed by atoms with E-state index in [4.69, 9.17) is 9.73 Å². The van der Waals surface area contributed by atoms with E-state index in [1.807, 2.05) is 18.2 Å². The molecule has 1 heterocycles. The van der Waals surface area contributed by atoms with E-state index in [2.05, 4.69) is 86.7 Å². The second-order valence-electron chi connectivity index (χ2n) is 7.40. The van der Waals surface area contributed by atoms with Crippen molar-refractivity contribution in [3.63, 3.8) is 0 Å². The van der Waals surface area contributed by atoms with Gasteiger partial charge in [-0.3, -0.25) is 0 Å². The number of nitrogens with zero attached hydrogens (tertiary/aromatic N) is 1. The molecule has 0 aliphatic carbocycles. The monoisotopic (exact) mass is 353 g/mol. The average molecular weight is 353 g/mol. The smallest absolute Gasteiger partial charge is 0.217 e. The van der Waals surface area contributed by atoms with E-state index >= 15 is 0 Å². The maximum Gasteiger partial charge on any atom is 0.217 e. The molecule has 1 aliphatic rings. The molecule has 0 saturated heterocycles. The fraction of sp³-hybridized carbons (Fsp3) is 0.160. The van der Waals surface area contributed by atoms with Gasteiger partial charge >= 0.3 is 0 Å². The van der Waals surface area contributed by atoms with Gasteiger partial charge < -0.3 is 4.74 Å². The third-order valence-corrected chi connectivity index (χ3v) is 4.61. The van der Waals surface area contributed by atoms with E-state index in [1.165, 1.54) is 11.1 Å². The lowest BCUT2D eigenvalue weighted by Gasteiger charge is -2.14. The Balaban J connectivity index is 1.89. The largest absolute Gasteiger partial charge is 0.475 e. The van der Waals surface area contributed by atoms with Crippen LogP contribution in [0.5, 0.6) is 0 Å². The second kappa shape index (κ2) is 7.24. The molecule has 0 aromatic heterocycles. The Hall–Kier alpha value is -3.13. The first-order valence-electron chi connectivity index (χ1n) is 9.27. The van der Waals surface area contributed by atoms with Crippen molar-refractivity contribution in [1.29, 1.82) is 0 Å². The normalized spacial score (nSPS) is 15.9. The van der Waals surface area contributed by atoms with Crippen LogP contribution in [0.2, 0.25) is 0 Å². The van der Waals surface area contributed by atoms with Crippen LogP contribution in [0.25, 0.3) is 11.6 Å². The van der Waals surface area contributed by atoms with Crippen LogP contribution in [0.4, 0.5) is 0 Å². The predicted octanol–water partition coefficient (Wildman–Crippen LogP) is 5.83. The highest BCUT2D eigenvalue weighted by molar-refractivity contribution is 6.04. The zero-order valence-electron chi connectivity index (χ0n) is 15.7. The standard InChI is InChI=1S/C25H23NO/c1-25(2)18-27-24(26-25)22-16-10-9-15-21(22)23(20-13-7-4-8-14-20)17-19-11-5-3-6-12-19/h3-17H,18H2,1-2H3. The summed E-state index contributed by atoms with van der Waals surface area (Å²) >= 11 is 0. The van der Waals surface area contributed by atoms with Gasteiger partial charge in [-0.15, -0.1) is 0 Å². The molecule has 3 aromatic carbocycles. The van der Waals surface area contributed by atoms with Gasteiger partial charge in [0, 0.05) is 5.56 Å². The van der Waals surface area contributed by atoms with Crippen molar-refractivity contribution in [3.05, 3.63) is 107 Å². The van der Waals surface area contributed by atoms with Crippen LogP contribution in [0.1, 0.15) is 36.1 Å². The predicted molar refractivity (Wildman–Crippen MR) is 113 cm³/mol. The molecule has 0 atom stereocenters. The van der Waals surface area contributed by atoms with Gasteiger partial charge in [0.2, 0.25) is 5.90 Å². The summed E-state index contributed by atoms with van der Waals surface area (Å²) in [6.45, 7) is 4.81. The van der Waals surface area contributed by atoms with Gasteiger partial charge in [-0.25, -0.2) is 4.99 Å². The number of ether oxygens (including phenoxy) is 1. The van der Waals surface area contributed by atoms with Crippen molar-refractivity contribution < 1.29 is 4.74 Å². The van der Waals surface area contributed by atoms with Gasteiger partial charge in [0.25, 0.3) is 0 Å². The molecular formula is C25H23NO. The summed E-state index contributed by atoms with van der Waals surface area (Å²) in [5.74, 6) is 0.727. The minimum absolute atomic E-state index is 0.182. The van der Waals surface area contributed by atoms with E-state index in [0.29, 0.717) is 6.61 Å². The summed E-state index contributed by atoms with van der Waals surface area (Å²) in [5.41, 5.74) is 5.48. The molecule has 0 fully saturated rings. The molecular weight excluding hydrogens is 330 g/mol. The summed E-state index contributed by atoms with van der Waals surface area (Å²) in [7, 11) is 0. The first-order chi connectivity index (χ1) is 13.1. The first-order valence-corrected chi connectivity index (χ1v) is 9.27. The number of hydrogen-bond donors (Lipinski definition) is 0. The first kappa shape index (κ1) is 17.3. The lowest BCUT2D eigenvalue weighted by Crippen LogP contribution is -2.17. The van der Waals surface area contributed by atoms with E-state index in [9.17, 15) is 0 Å². The molecule has 1 aliphatic heterocycles. The maximum absolute atomic E-state index is 5.95. The lowest BCUT2D eigenvalue weighted by atomic mass is 9.92. The van der Waals surface area contributed by atoms with Crippen molar-refractivity contribution in [3.8, 4) is 0 Å². The maximum atomic E-state index is 5.95. The fourth-order valence-corrected chi connectivity index (χ4v) is 3.28. The highest BCUT2D eigenvalue weighted by Gasteiger charge is 2.28. The van der Waals surface area contributed by atoms with Crippen LogP contribution in [0.15, 0.2) is 89.9 Å². The Morgan fingerprint density at radius 3 is 2.15 bits per heavy atom. The number of aliphatic imine (C=N–C) groups is 1. The van der Waals surface area contributed by atoms with Gasteiger partial charge in [0.05, 0.1) is 5.54 Å². The van der Waals surface area contributed by atoms with Crippen LogP contribution in [-0.4, -0.2) is 18.0 Å². The van der Waals surface area contributed by atoms with Crippen molar-refractivity contribution in [1.82, 2.24) is 0 Å². The molecule has 0 spiro atoms. The Labute approximate surface area is 160 Å². The highest BCUT2D eigenvalue weighted by Crippen LogP contribution is 2.31. The van der Waals surface area contributed by atoms with Crippen LogP contribution in [-0.2, 0) is 4.74 Å². The quantitative estimate of drug-likeness (QED) is 0.541. The summed E-state index contributed by atoms with van der Waals surface area (Å²) in [6.07, 6.45) is 2.23. The van der Waals surface area contributed by atoms with Gasteiger partial charge in [-0.1, -0.05) is 78.9 Å². The molecule has 2 heteroatoms. The molecule has 2 nitrogen and oxygen atoms in total. The molecule has 134 valence electrons. The minimum atomic E-state index is -0.182. The fourth-order valence-electron chi connectivity index (χ4n) is 3.28. The van der Waals surface area contributed by atoms with Gasteiger partial charge in [-0.05, 0) is 48.3 Å². The van der Waals surface area contributed by atoms with E-state index in [0.717, 1.165) is 22.6 Å². The molecule has 0 radical (unpaired) electrons. The SMILES string of the molecule is CC1(C)COC(c2ccccc2C(=Cc2ccccc2)c2ccccc2)=N1. The number of benzene rings is 3. The molecule has 27 heavy (non-hydrogen) atoms. The van der Waals surface area contributed by atoms with E-state index < -0.39 is 0 Å². The zero-order valence-corrected chi connectivity index (χ0v) is 15.7. The molecule has 4 rings (SSSR count).